The Morgan fingerprint density at radius 2 is 2.14 bits per heavy atom. The van der Waals surface area contributed by atoms with E-state index in [9.17, 15) is 0 Å². The number of methoxy groups -OCH3 is 1. The molecule has 0 amide bonds. The van der Waals surface area contributed by atoms with Gasteiger partial charge < -0.3 is 15.8 Å². The second kappa shape index (κ2) is 7.61. The van der Waals surface area contributed by atoms with Gasteiger partial charge in [0.15, 0.2) is 5.96 Å². The Labute approximate surface area is 131 Å². The van der Waals surface area contributed by atoms with E-state index in [-0.39, 0.29) is 0 Å². The van der Waals surface area contributed by atoms with Gasteiger partial charge in [-0.25, -0.2) is 4.99 Å². The van der Waals surface area contributed by atoms with Gasteiger partial charge in [-0.2, -0.15) is 5.10 Å². The number of guanidine groups is 1. The fourth-order valence-corrected chi connectivity index (χ4v) is 2.28. The quantitative estimate of drug-likeness (QED) is 0.632. The number of hydrogen-bond donors (Lipinski definition) is 2. The summed E-state index contributed by atoms with van der Waals surface area (Å²) >= 11 is 0. The zero-order valence-electron chi connectivity index (χ0n) is 13.3. The third-order valence-corrected chi connectivity index (χ3v) is 3.33. The molecule has 0 spiro atoms. The molecule has 22 heavy (non-hydrogen) atoms. The monoisotopic (exact) mass is 301 g/mol. The van der Waals surface area contributed by atoms with Gasteiger partial charge in [0.1, 0.15) is 0 Å². The van der Waals surface area contributed by atoms with E-state index in [0.717, 1.165) is 28.9 Å². The number of ether oxygens (including phenoxy) is 1. The number of para-hydroxylation sites is 1. The van der Waals surface area contributed by atoms with Crippen molar-refractivity contribution in [3.63, 3.8) is 0 Å². The van der Waals surface area contributed by atoms with E-state index in [1.54, 1.807) is 11.8 Å². The normalized spacial score (nSPS) is 11.7. The highest BCUT2D eigenvalue weighted by Gasteiger charge is 2.06. The van der Waals surface area contributed by atoms with Crippen molar-refractivity contribution in [2.75, 3.05) is 12.4 Å². The maximum absolute atomic E-state index is 5.99. The second-order valence-corrected chi connectivity index (χ2v) is 5.04. The highest BCUT2D eigenvalue weighted by atomic mass is 16.5. The molecular weight excluding hydrogens is 278 g/mol. The molecule has 2 aromatic rings. The Morgan fingerprint density at radius 1 is 1.36 bits per heavy atom. The van der Waals surface area contributed by atoms with Crippen LogP contribution in [0.3, 0.4) is 0 Å². The fourth-order valence-electron chi connectivity index (χ4n) is 2.28. The smallest absolute Gasteiger partial charge is 0.193 e. The molecule has 1 aromatic carbocycles. The SMILES string of the molecule is CCc1nn(C)cc1CN=C(N)Nc1ccccc1COC. The number of nitrogens with zero attached hydrogens (tertiary/aromatic N) is 3. The first-order chi connectivity index (χ1) is 10.6. The van der Waals surface area contributed by atoms with Crippen LogP contribution >= 0.6 is 0 Å². The molecule has 0 aliphatic heterocycles. The highest BCUT2D eigenvalue weighted by molar-refractivity contribution is 5.92. The van der Waals surface area contributed by atoms with Crippen LogP contribution in [0.15, 0.2) is 35.5 Å². The van der Waals surface area contributed by atoms with Crippen molar-refractivity contribution in [2.45, 2.75) is 26.5 Å². The van der Waals surface area contributed by atoms with E-state index in [4.69, 9.17) is 10.5 Å². The second-order valence-electron chi connectivity index (χ2n) is 5.04. The first kappa shape index (κ1) is 16.0. The van der Waals surface area contributed by atoms with Crippen LogP contribution in [0.1, 0.15) is 23.7 Å². The highest BCUT2D eigenvalue weighted by Crippen LogP contribution is 2.15. The van der Waals surface area contributed by atoms with Crippen molar-refractivity contribution < 1.29 is 4.74 Å². The molecule has 0 atom stereocenters. The Balaban J connectivity index is 2.07. The van der Waals surface area contributed by atoms with Crippen LogP contribution in [0.4, 0.5) is 5.69 Å². The minimum atomic E-state index is 0.384. The first-order valence-corrected chi connectivity index (χ1v) is 7.29. The van der Waals surface area contributed by atoms with Crippen LogP contribution in [-0.4, -0.2) is 22.8 Å². The van der Waals surface area contributed by atoms with E-state index in [0.29, 0.717) is 19.1 Å². The van der Waals surface area contributed by atoms with Crippen LogP contribution in [-0.2, 0) is 31.4 Å². The van der Waals surface area contributed by atoms with Crippen LogP contribution < -0.4 is 11.1 Å². The summed E-state index contributed by atoms with van der Waals surface area (Å²) in [5.41, 5.74) is 10.1. The third kappa shape index (κ3) is 4.08. The predicted molar refractivity (Wildman–Crippen MR) is 88.7 cm³/mol. The Hall–Kier alpha value is -2.34. The lowest BCUT2D eigenvalue weighted by atomic mass is 10.2. The van der Waals surface area contributed by atoms with Crippen molar-refractivity contribution in [2.24, 2.45) is 17.8 Å². The number of aromatic nitrogens is 2. The molecule has 118 valence electrons. The number of hydrogen-bond acceptors (Lipinski definition) is 3. The van der Waals surface area contributed by atoms with E-state index >= 15 is 0 Å². The van der Waals surface area contributed by atoms with Gasteiger partial charge in [0.05, 0.1) is 18.8 Å². The van der Waals surface area contributed by atoms with Gasteiger partial charge in [0.2, 0.25) is 0 Å². The van der Waals surface area contributed by atoms with Crippen LogP contribution in [0.5, 0.6) is 0 Å². The number of nitrogens with one attached hydrogen (secondary N) is 1. The van der Waals surface area contributed by atoms with Crippen molar-refractivity contribution in [1.29, 1.82) is 0 Å². The lowest BCUT2D eigenvalue weighted by molar-refractivity contribution is 0.185. The summed E-state index contributed by atoms with van der Waals surface area (Å²) in [6.45, 7) is 3.12. The molecule has 0 saturated carbocycles. The zero-order chi connectivity index (χ0) is 15.9. The third-order valence-electron chi connectivity index (χ3n) is 3.33. The van der Waals surface area contributed by atoms with Crippen molar-refractivity contribution in [1.82, 2.24) is 9.78 Å². The molecular formula is C16H23N5O. The summed E-state index contributed by atoms with van der Waals surface area (Å²) in [4.78, 5) is 4.40. The average molecular weight is 301 g/mol. The summed E-state index contributed by atoms with van der Waals surface area (Å²) in [5, 5.41) is 7.53. The molecule has 0 bridgehead atoms. The summed E-state index contributed by atoms with van der Waals surface area (Å²) in [6, 6.07) is 7.87. The summed E-state index contributed by atoms with van der Waals surface area (Å²) in [5.74, 6) is 0.384. The van der Waals surface area contributed by atoms with Gasteiger partial charge in [-0.3, -0.25) is 4.68 Å². The molecule has 0 saturated heterocycles. The Kier molecular flexibility index (Phi) is 5.55. The molecule has 0 radical (unpaired) electrons. The average Bonchev–Trinajstić information content (AvgIpc) is 2.87. The van der Waals surface area contributed by atoms with Gasteiger partial charge in [-0.1, -0.05) is 25.1 Å². The van der Waals surface area contributed by atoms with Crippen LogP contribution in [0.25, 0.3) is 0 Å². The maximum Gasteiger partial charge on any atom is 0.193 e. The minimum Gasteiger partial charge on any atom is -0.380 e. The number of aliphatic imine (C=N–C) groups is 1. The Bertz CT molecular complexity index is 648. The number of aryl methyl sites for hydroxylation is 2. The minimum absolute atomic E-state index is 0.384. The molecule has 0 unspecified atom stereocenters. The maximum atomic E-state index is 5.99. The molecule has 6 nitrogen and oxygen atoms in total. The van der Waals surface area contributed by atoms with Crippen molar-refractivity contribution in [3.05, 3.63) is 47.3 Å². The van der Waals surface area contributed by atoms with Gasteiger partial charge in [-0.05, 0) is 12.5 Å². The van der Waals surface area contributed by atoms with Gasteiger partial charge in [-0.15, -0.1) is 0 Å². The van der Waals surface area contributed by atoms with E-state index < -0.39 is 0 Å². The molecule has 6 heteroatoms. The summed E-state index contributed by atoms with van der Waals surface area (Å²) in [7, 11) is 3.58. The van der Waals surface area contributed by atoms with Crippen LogP contribution in [0.2, 0.25) is 0 Å². The number of anilines is 1. The lowest BCUT2D eigenvalue weighted by Gasteiger charge is -2.10. The summed E-state index contributed by atoms with van der Waals surface area (Å²) < 4.78 is 6.99. The van der Waals surface area contributed by atoms with Gasteiger partial charge >= 0.3 is 0 Å². The molecule has 0 aliphatic rings. The van der Waals surface area contributed by atoms with E-state index in [1.165, 1.54) is 0 Å². The largest absolute Gasteiger partial charge is 0.380 e. The first-order valence-electron chi connectivity index (χ1n) is 7.29. The van der Waals surface area contributed by atoms with Crippen LogP contribution in [0, 0.1) is 0 Å². The molecule has 1 heterocycles. The topological polar surface area (TPSA) is 77.5 Å². The summed E-state index contributed by atoms with van der Waals surface area (Å²) in [6.07, 6.45) is 2.87. The zero-order valence-corrected chi connectivity index (χ0v) is 13.3. The standard InChI is InChI=1S/C16H23N5O/c1-4-14-13(10-21(2)20-14)9-18-16(17)19-15-8-6-5-7-12(15)11-22-3/h5-8,10H,4,9,11H2,1-3H3,(H3,17,18,19). The molecule has 3 N–H and O–H groups in total. The lowest BCUT2D eigenvalue weighted by Crippen LogP contribution is -2.23. The molecule has 2 rings (SSSR count). The van der Waals surface area contributed by atoms with E-state index in [2.05, 4.69) is 22.3 Å². The molecule has 0 fully saturated rings. The number of rotatable bonds is 6. The fraction of sp³-hybridized carbons (Fsp3) is 0.375. The van der Waals surface area contributed by atoms with Gasteiger partial charge in [0.25, 0.3) is 0 Å². The molecule has 1 aromatic heterocycles. The van der Waals surface area contributed by atoms with Crippen molar-refractivity contribution >= 4 is 11.6 Å². The number of benzene rings is 1. The Morgan fingerprint density at radius 3 is 2.86 bits per heavy atom. The van der Waals surface area contributed by atoms with Crippen molar-refractivity contribution in [3.8, 4) is 0 Å². The van der Waals surface area contributed by atoms with E-state index in [1.807, 2.05) is 37.5 Å². The molecule has 0 aliphatic carbocycles. The van der Waals surface area contributed by atoms with Gasteiger partial charge in [0, 0.05) is 37.2 Å². The number of nitrogens with two attached hydrogens (primary N) is 1. The predicted octanol–water partition coefficient (Wildman–Crippen LogP) is 2.06.